The minimum absolute atomic E-state index is 0.0421. The van der Waals surface area contributed by atoms with Gasteiger partial charge in [0.25, 0.3) is 5.69 Å². The number of carbonyl (C=O) groups excluding carboxylic acids is 1. The van der Waals surface area contributed by atoms with Crippen molar-refractivity contribution in [2.75, 3.05) is 11.9 Å². The van der Waals surface area contributed by atoms with E-state index in [-0.39, 0.29) is 23.7 Å². The molecule has 2 aromatic rings. The highest BCUT2D eigenvalue weighted by atomic mass is 16.6. The van der Waals surface area contributed by atoms with E-state index in [1.807, 2.05) is 0 Å². The van der Waals surface area contributed by atoms with Crippen molar-refractivity contribution < 1.29 is 14.5 Å². The molecule has 0 amide bonds. The van der Waals surface area contributed by atoms with Gasteiger partial charge in [0.2, 0.25) is 0 Å². The molecule has 0 atom stereocenters. The fourth-order valence-corrected chi connectivity index (χ4v) is 1.93. The SMILES string of the molecule is Cc1c(Nc2ncccc2C(=O)OCC#N)cccc1[N+](=O)[O-]. The molecular weight excluding hydrogens is 300 g/mol. The lowest BCUT2D eigenvalue weighted by molar-refractivity contribution is -0.385. The number of nitrogens with zero attached hydrogens (tertiary/aromatic N) is 3. The summed E-state index contributed by atoms with van der Waals surface area (Å²) in [5.74, 6) is -0.510. The van der Waals surface area contributed by atoms with E-state index >= 15 is 0 Å². The maximum absolute atomic E-state index is 11.9. The van der Waals surface area contributed by atoms with Crippen LogP contribution in [0.2, 0.25) is 0 Å². The predicted octanol–water partition coefficient (Wildman–Crippen LogP) is 2.72. The highest BCUT2D eigenvalue weighted by molar-refractivity contribution is 5.95. The summed E-state index contributed by atoms with van der Waals surface area (Å²) in [7, 11) is 0. The minimum Gasteiger partial charge on any atom is -0.447 e. The maximum Gasteiger partial charge on any atom is 0.342 e. The third kappa shape index (κ3) is 3.59. The second-order valence-corrected chi connectivity index (χ2v) is 4.47. The van der Waals surface area contributed by atoms with Crippen LogP contribution in [0, 0.1) is 28.4 Å². The largest absolute Gasteiger partial charge is 0.447 e. The number of carbonyl (C=O) groups is 1. The summed E-state index contributed by atoms with van der Waals surface area (Å²) in [6.45, 7) is 1.22. The van der Waals surface area contributed by atoms with Crippen LogP contribution in [0.4, 0.5) is 17.2 Å². The first-order valence-corrected chi connectivity index (χ1v) is 6.54. The molecule has 1 N–H and O–H groups in total. The number of benzene rings is 1. The Balaban J connectivity index is 2.35. The molecule has 0 aliphatic heterocycles. The Labute approximate surface area is 131 Å². The summed E-state index contributed by atoms with van der Waals surface area (Å²) in [5, 5.41) is 22.3. The molecule has 23 heavy (non-hydrogen) atoms. The zero-order valence-corrected chi connectivity index (χ0v) is 12.1. The van der Waals surface area contributed by atoms with Crippen LogP contribution >= 0.6 is 0 Å². The predicted molar refractivity (Wildman–Crippen MR) is 81.2 cm³/mol. The van der Waals surface area contributed by atoms with Gasteiger partial charge in [0.1, 0.15) is 17.5 Å². The number of rotatable bonds is 5. The van der Waals surface area contributed by atoms with Gasteiger partial charge in [-0.25, -0.2) is 9.78 Å². The number of nitro groups is 1. The Morgan fingerprint density at radius 3 is 2.91 bits per heavy atom. The fourth-order valence-electron chi connectivity index (χ4n) is 1.93. The number of hydrogen-bond donors (Lipinski definition) is 1. The van der Waals surface area contributed by atoms with Gasteiger partial charge in [-0.3, -0.25) is 10.1 Å². The number of ether oxygens (including phenoxy) is 1. The Kier molecular flexibility index (Phi) is 4.84. The van der Waals surface area contributed by atoms with Gasteiger partial charge in [0.15, 0.2) is 6.61 Å². The number of esters is 1. The number of nitro benzene ring substituents is 1. The number of pyridine rings is 1. The molecule has 0 fully saturated rings. The van der Waals surface area contributed by atoms with Crippen LogP contribution in [0.5, 0.6) is 0 Å². The van der Waals surface area contributed by atoms with Crippen LogP contribution in [-0.4, -0.2) is 22.5 Å². The van der Waals surface area contributed by atoms with Gasteiger partial charge < -0.3 is 10.1 Å². The molecule has 8 nitrogen and oxygen atoms in total. The Morgan fingerprint density at radius 2 is 2.22 bits per heavy atom. The molecular formula is C15H12N4O4. The molecule has 0 saturated carbocycles. The van der Waals surface area contributed by atoms with Crippen molar-refractivity contribution in [3.63, 3.8) is 0 Å². The van der Waals surface area contributed by atoms with E-state index < -0.39 is 10.9 Å². The minimum atomic E-state index is -0.703. The van der Waals surface area contributed by atoms with Crippen molar-refractivity contribution in [2.45, 2.75) is 6.92 Å². The number of nitrogens with one attached hydrogen (secondary N) is 1. The van der Waals surface area contributed by atoms with E-state index in [9.17, 15) is 14.9 Å². The van der Waals surface area contributed by atoms with Crippen LogP contribution in [0.3, 0.4) is 0 Å². The Bertz CT molecular complexity index is 798. The van der Waals surface area contributed by atoms with Crippen molar-refractivity contribution in [1.29, 1.82) is 5.26 Å². The lowest BCUT2D eigenvalue weighted by Gasteiger charge is -2.11. The fraction of sp³-hybridized carbons (Fsp3) is 0.133. The molecule has 116 valence electrons. The van der Waals surface area contributed by atoms with Crippen molar-refractivity contribution >= 4 is 23.2 Å². The van der Waals surface area contributed by atoms with Gasteiger partial charge >= 0.3 is 5.97 Å². The van der Waals surface area contributed by atoms with E-state index in [1.165, 1.54) is 24.4 Å². The van der Waals surface area contributed by atoms with Crippen molar-refractivity contribution in [3.05, 3.63) is 57.8 Å². The molecule has 1 aromatic carbocycles. The Morgan fingerprint density at radius 1 is 1.43 bits per heavy atom. The maximum atomic E-state index is 11.9. The molecule has 0 spiro atoms. The van der Waals surface area contributed by atoms with Gasteiger partial charge in [0.05, 0.1) is 10.5 Å². The van der Waals surface area contributed by atoms with Gasteiger partial charge in [-0.1, -0.05) is 6.07 Å². The first kappa shape index (κ1) is 15.9. The third-order valence-corrected chi connectivity index (χ3v) is 3.05. The normalized spacial score (nSPS) is 9.74. The van der Waals surface area contributed by atoms with Crippen LogP contribution in [0.25, 0.3) is 0 Å². The van der Waals surface area contributed by atoms with Gasteiger partial charge in [-0.05, 0) is 25.1 Å². The number of nitriles is 1. The monoisotopic (exact) mass is 312 g/mol. The zero-order valence-electron chi connectivity index (χ0n) is 12.1. The number of aromatic nitrogens is 1. The van der Waals surface area contributed by atoms with E-state index in [4.69, 9.17) is 10.00 Å². The van der Waals surface area contributed by atoms with Crippen LogP contribution in [0.1, 0.15) is 15.9 Å². The lowest BCUT2D eigenvalue weighted by atomic mass is 10.1. The van der Waals surface area contributed by atoms with Crippen LogP contribution in [-0.2, 0) is 4.74 Å². The second-order valence-electron chi connectivity index (χ2n) is 4.47. The summed E-state index contributed by atoms with van der Waals surface area (Å²) < 4.78 is 4.76. The van der Waals surface area contributed by atoms with Gasteiger partial charge in [-0.2, -0.15) is 5.26 Å². The highest BCUT2D eigenvalue weighted by Crippen LogP contribution is 2.28. The van der Waals surface area contributed by atoms with Crippen molar-refractivity contribution in [3.8, 4) is 6.07 Å². The first-order valence-electron chi connectivity index (χ1n) is 6.54. The molecule has 0 saturated heterocycles. The first-order chi connectivity index (χ1) is 11.0. The van der Waals surface area contributed by atoms with Crippen LogP contribution in [0.15, 0.2) is 36.5 Å². The number of anilines is 2. The van der Waals surface area contributed by atoms with Crippen molar-refractivity contribution in [2.24, 2.45) is 0 Å². The molecule has 0 bridgehead atoms. The molecule has 0 aliphatic carbocycles. The standard InChI is InChI=1S/C15H12N4O4/c1-10-12(5-2-6-13(10)19(21)22)18-14-11(4-3-8-17-14)15(20)23-9-7-16/h2-6,8H,9H2,1H3,(H,17,18). The summed E-state index contributed by atoms with van der Waals surface area (Å²) in [6, 6.07) is 9.31. The highest BCUT2D eigenvalue weighted by Gasteiger charge is 2.17. The molecule has 1 aromatic heterocycles. The third-order valence-electron chi connectivity index (χ3n) is 3.05. The van der Waals surface area contributed by atoms with E-state index in [0.717, 1.165) is 0 Å². The summed E-state index contributed by atoms with van der Waals surface area (Å²) in [4.78, 5) is 26.5. The second kappa shape index (κ2) is 7.00. The molecule has 0 aliphatic rings. The van der Waals surface area contributed by atoms with Crippen molar-refractivity contribution in [1.82, 2.24) is 4.98 Å². The van der Waals surface area contributed by atoms with E-state index in [2.05, 4.69) is 10.3 Å². The number of hydrogen-bond acceptors (Lipinski definition) is 7. The topological polar surface area (TPSA) is 118 Å². The average molecular weight is 312 g/mol. The van der Waals surface area contributed by atoms with Crippen LogP contribution < -0.4 is 5.32 Å². The Hall–Kier alpha value is -3.47. The molecule has 2 rings (SSSR count). The molecule has 0 unspecified atom stereocenters. The molecule has 0 radical (unpaired) electrons. The quantitative estimate of drug-likeness (QED) is 0.512. The zero-order chi connectivity index (χ0) is 16.8. The smallest absolute Gasteiger partial charge is 0.342 e. The van der Waals surface area contributed by atoms with E-state index in [1.54, 1.807) is 25.1 Å². The van der Waals surface area contributed by atoms with Gasteiger partial charge in [0, 0.05) is 18.0 Å². The lowest BCUT2D eigenvalue weighted by Crippen LogP contribution is -2.10. The summed E-state index contributed by atoms with van der Waals surface area (Å²) >= 11 is 0. The van der Waals surface area contributed by atoms with Gasteiger partial charge in [-0.15, -0.1) is 0 Å². The molecule has 1 heterocycles. The molecule has 8 heteroatoms. The van der Waals surface area contributed by atoms with E-state index in [0.29, 0.717) is 11.3 Å². The average Bonchev–Trinajstić information content (AvgIpc) is 2.54. The summed E-state index contributed by atoms with van der Waals surface area (Å²) in [6.07, 6.45) is 1.47. The summed E-state index contributed by atoms with van der Waals surface area (Å²) in [5.41, 5.74) is 0.958.